The van der Waals surface area contributed by atoms with Crippen LogP contribution in [0.5, 0.6) is 5.75 Å². The Balaban J connectivity index is 1.78. The second kappa shape index (κ2) is 8.40. The third-order valence-corrected chi connectivity index (χ3v) is 4.53. The molecule has 3 heteroatoms. The van der Waals surface area contributed by atoms with E-state index in [1.54, 1.807) is 0 Å². The van der Waals surface area contributed by atoms with Gasteiger partial charge in [-0.2, -0.15) is 0 Å². The molecule has 1 heterocycles. The molecule has 1 saturated heterocycles. The first-order valence-electron chi connectivity index (χ1n) is 8.37. The third-order valence-electron chi connectivity index (χ3n) is 4.53. The summed E-state index contributed by atoms with van der Waals surface area (Å²) in [6, 6.07) is 4.38. The van der Waals surface area contributed by atoms with E-state index in [1.807, 2.05) is 6.92 Å². The number of rotatable bonds is 7. The van der Waals surface area contributed by atoms with Gasteiger partial charge in [0.1, 0.15) is 5.75 Å². The Labute approximate surface area is 129 Å². The van der Waals surface area contributed by atoms with E-state index >= 15 is 0 Å². The van der Waals surface area contributed by atoms with E-state index in [2.05, 4.69) is 36.2 Å². The number of aryl methyl sites for hydroxylation is 1. The molecule has 1 N–H and O–H groups in total. The van der Waals surface area contributed by atoms with Gasteiger partial charge in [-0.25, -0.2) is 0 Å². The Morgan fingerprint density at radius 3 is 2.57 bits per heavy atom. The van der Waals surface area contributed by atoms with Gasteiger partial charge >= 0.3 is 0 Å². The van der Waals surface area contributed by atoms with E-state index in [1.165, 1.54) is 55.6 Å². The van der Waals surface area contributed by atoms with Gasteiger partial charge in [0.05, 0.1) is 6.61 Å². The van der Waals surface area contributed by atoms with Crippen molar-refractivity contribution >= 4 is 0 Å². The van der Waals surface area contributed by atoms with Crippen LogP contribution in [0.2, 0.25) is 0 Å². The normalized spacial score (nSPS) is 16.1. The van der Waals surface area contributed by atoms with Crippen molar-refractivity contribution in [3.8, 4) is 5.75 Å². The Bertz CT molecular complexity index is 439. The summed E-state index contributed by atoms with van der Waals surface area (Å²) >= 11 is 0. The number of unbranched alkanes of at least 4 members (excludes halogenated alkanes) is 1. The van der Waals surface area contributed by atoms with Gasteiger partial charge in [0.15, 0.2) is 0 Å². The number of nitrogens with zero attached hydrogens (tertiary/aromatic N) is 1. The van der Waals surface area contributed by atoms with Crippen molar-refractivity contribution in [1.29, 1.82) is 0 Å². The van der Waals surface area contributed by atoms with Crippen molar-refractivity contribution in [3.05, 3.63) is 28.8 Å². The van der Waals surface area contributed by atoms with Crippen molar-refractivity contribution in [2.75, 3.05) is 39.3 Å². The van der Waals surface area contributed by atoms with E-state index in [0.29, 0.717) is 0 Å². The number of nitrogens with one attached hydrogen (secondary N) is 1. The van der Waals surface area contributed by atoms with Crippen molar-refractivity contribution < 1.29 is 4.74 Å². The number of hydrogen-bond acceptors (Lipinski definition) is 3. The lowest BCUT2D eigenvalue weighted by atomic mass is 9.98. The molecule has 1 fully saturated rings. The lowest BCUT2D eigenvalue weighted by Crippen LogP contribution is -2.43. The molecule has 1 aliphatic heterocycles. The first-order chi connectivity index (χ1) is 10.2. The average Bonchev–Trinajstić information content (AvgIpc) is 2.51. The van der Waals surface area contributed by atoms with E-state index < -0.39 is 0 Å². The van der Waals surface area contributed by atoms with Crippen molar-refractivity contribution in [2.24, 2.45) is 0 Å². The molecule has 1 aromatic rings. The topological polar surface area (TPSA) is 24.5 Å². The van der Waals surface area contributed by atoms with Crippen LogP contribution in [-0.2, 0) is 6.42 Å². The van der Waals surface area contributed by atoms with Crippen LogP contribution in [0.3, 0.4) is 0 Å². The maximum atomic E-state index is 5.66. The maximum Gasteiger partial charge on any atom is 0.122 e. The first-order valence-corrected chi connectivity index (χ1v) is 8.37. The SMILES string of the molecule is CCOc1ccc(CCCCN2CCNCC2)c(C)c1C. The molecule has 0 saturated carbocycles. The highest BCUT2D eigenvalue weighted by Crippen LogP contribution is 2.25. The quantitative estimate of drug-likeness (QED) is 0.782. The van der Waals surface area contributed by atoms with Gasteiger partial charge in [-0.05, 0) is 69.3 Å². The molecule has 1 aliphatic rings. The van der Waals surface area contributed by atoms with Gasteiger partial charge in [-0.1, -0.05) is 6.07 Å². The lowest BCUT2D eigenvalue weighted by molar-refractivity contribution is 0.237. The highest BCUT2D eigenvalue weighted by Gasteiger charge is 2.10. The largest absolute Gasteiger partial charge is 0.494 e. The van der Waals surface area contributed by atoms with Gasteiger partial charge in [0.2, 0.25) is 0 Å². The smallest absolute Gasteiger partial charge is 0.122 e. The molecule has 0 aromatic heterocycles. The van der Waals surface area contributed by atoms with Gasteiger partial charge in [0, 0.05) is 26.2 Å². The Morgan fingerprint density at radius 2 is 1.86 bits per heavy atom. The monoisotopic (exact) mass is 290 g/mol. The van der Waals surface area contributed by atoms with Crippen molar-refractivity contribution in [3.63, 3.8) is 0 Å². The van der Waals surface area contributed by atoms with E-state index in [0.717, 1.165) is 25.4 Å². The molecule has 2 rings (SSSR count). The fourth-order valence-corrected chi connectivity index (χ4v) is 3.02. The lowest BCUT2D eigenvalue weighted by Gasteiger charge is -2.27. The minimum atomic E-state index is 0.740. The van der Waals surface area contributed by atoms with E-state index in [4.69, 9.17) is 4.74 Å². The fourth-order valence-electron chi connectivity index (χ4n) is 3.02. The summed E-state index contributed by atoms with van der Waals surface area (Å²) in [6.07, 6.45) is 3.76. The highest BCUT2D eigenvalue weighted by molar-refractivity contribution is 5.43. The van der Waals surface area contributed by atoms with Gasteiger partial charge in [-0.3, -0.25) is 0 Å². The minimum Gasteiger partial charge on any atom is -0.494 e. The summed E-state index contributed by atoms with van der Waals surface area (Å²) in [4.78, 5) is 2.58. The summed E-state index contributed by atoms with van der Waals surface area (Å²) in [7, 11) is 0. The third kappa shape index (κ3) is 4.72. The number of ether oxygens (including phenoxy) is 1. The molecule has 3 nitrogen and oxygen atoms in total. The van der Waals surface area contributed by atoms with E-state index in [-0.39, 0.29) is 0 Å². The van der Waals surface area contributed by atoms with Crippen LogP contribution < -0.4 is 10.1 Å². The molecule has 1 aromatic carbocycles. The predicted octanol–water partition coefficient (Wildman–Crippen LogP) is 2.93. The highest BCUT2D eigenvalue weighted by atomic mass is 16.5. The minimum absolute atomic E-state index is 0.740. The van der Waals surface area contributed by atoms with Crippen molar-refractivity contribution in [1.82, 2.24) is 10.2 Å². The van der Waals surface area contributed by atoms with Crippen molar-refractivity contribution in [2.45, 2.75) is 40.0 Å². The molecule has 21 heavy (non-hydrogen) atoms. The zero-order valence-electron chi connectivity index (χ0n) is 13.9. The molecular weight excluding hydrogens is 260 g/mol. The summed E-state index contributed by atoms with van der Waals surface area (Å²) in [5.41, 5.74) is 4.19. The van der Waals surface area contributed by atoms with E-state index in [9.17, 15) is 0 Å². The number of hydrogen-bond donors (Lipinski definition) is 1. The first kappa shape index (κ1) is 16.3. The Hall–Kier alpha value is -1.06. The summed E-state index contributed by atoms with van der Waals surface area (Å²) in [5.74, 6) is 1.04. The van der Waals surface area contributed by atoms with Gasteiger partial charge in [0.25, 0.3) is 0 Å². The number of piperazine rings is 1. The van der Waals surface area contributed by atoms with Gasteiger partial charge in [-0.15, -0.1) is 0 Å². The van der Waals surface area contributed by atoms with Crippen LogP contribution in [0.1, 0.15) is 36.5 Å². The second-order valence-corrected chi connectivity index (χ2v) is 5.95. The molecule has 0 atom stereocenters. The average molecular weight is 290 g/mol. The zero-order valence-corrected chi connectivity index (χ0v) is 13.9. The number of benzene rings is 1. The fraction of sp³-hybridized carbons (Fsp3) is 0.667. The summed E-state index contributed by atoms with van der Waals surface area (Å²) in [5, 5.41) is 3.41. The van der Waals surface area contributed by atoms with Crippen LogP contribution in [0, 0.1) is 13.8 Å². The second-order valence-electron chi connectivity index (χ2n) is 5.95. The Kier molecular flexibility index (Phi) is 6.52. The molecular formula is C18H30N2O. The Morgan fingerprint density at radius 1 is 1.10 bits per heavy atom. The molecule has 118 valence electrons. The predicted molar refractivity (Wildman–Crippen MR) is 89.3 cm³/mol. The van der Waals surface area contributed by atoms with Crippen LogP contribution in [0.25, 0.3) is 0 Å². The van der Waals surface area contributed by atoms with Crippen LogP contribution in [0.4, 0.5) is 0 Å². The molecule has 0 bridgehead atoms. The standard InChI is InChI=1S/C18H30N2O/c1-4-21-18-9-8-17(15(2)16(18)3)7-5-6-12-20-13-10-19-11-14-20/h8-9,19H,4-7,10-14H2,1-3H3. The van der Waals surface area contributed by atoms with Gasteiger partial charge < -0.3 is 15.0 Å². The van der Waals surface area contributed by atoms with Crippen LogP contribution in [-0.4, -0.2) is 44.2 Å². The molecule has 0 aliphatic carbocycles. The summed E-state index contributed by atoms with van der Waals surface area (Å²) < 4.78 is 5.66. The molecule has 0 radical (unpaired) electrons. The molecule has 0 amide bonds. The maximum absolute atomic E-state index is 5.66. The van der Waals surface area contributed by atoms with Crippen LogP contribution in [0.15, 0.2) is 12.1 Å². The van der Waals surface area contributed by atoms with Crippen LogP contribution >= 0.6 is 0 Å². The molecule has 0 unspecified atom stereocenters. The summed E-state index contributed by atoms with van der Waals surface area (Å²) in [6.45, 7) is 13.1. The zero-order chi connectivity index (χ0) is 15.1. The molecule has 0 spiro atoms.